The van der Waals surface area contributed by atoms with Crippen LogP contribution in [-0.4, -0.2) is 29.6 Å². The van der Waals surface area contributed by atoms with Crippen LogP contribution in [0.1, 0.15) is 45.2 Å². The van der Waals surface area contributed by atoms with Gasteiger partial charge < -0.3 is 10.2 Å². The van der Waals surface area contributed by atoms with Gasteiger partial charge in [-0.15, -0.1) is 0 Å². The number of nitrogens with zero attached hydrogens (tertiary/aromatic N) is 3. The number of aromatic nitrogens is 2. The molecule has 1 aliphatic heterocycles. The zero-order valence-electron chi connectivity index (χ0n) is 11.3. The number of nitrogens with one attached hydrogen (secondary N) is 1. The quantitative estimate of drug-likeness (QED) is 0.837. The van der Waals surface area contributed by atoms with E-state index in [4.69, 9.17) is 4.98 Å². The van der Waals surface area contributed by atoms with Gasteiger partial charge >= 0.3 is 0 Å². The Hall–Kier alpha value is -0.590. The molecule has 18 heavy (non-hydrogen) atoms. The molecule has 0 radical (unpaired) electrons. The molecule has 0 atom stereocenters. The summed E-state index contributed by atoms with van der Waals surface area (Å²) in [6.45, 7) is 9.54. The fourth-order valence-electron chi connectivity index (χ4n) is 2.18. The van der Waals surface area contributed by atoms with Crippen LogP contribution in [0.3, 0.4) is 0 Å². The Bertz CT molecular complexity index is 414. The smallest absolute Gasteiger partial charge is 0.227 e. The monoisotopic (exact) mass is 360 g/mol. The lowest BCUT2D eigenvalue weighted by molar-refractivity contribution is 0.788. The standard InChI is InChI=1S/C13H21IN4/c1-4-15-12-10(14)11(9(2)3)16-13(17-12)18-7-5-6-8-18/h9H,4-8H2,1-3H3,(H,15,16,17). The lowest BCUT2D eigenvalue weighted by Crippen LogP contribution is -2.22. The van der Waals surface area contributed by atoms with E-state index in [0.717, 1.165) is 40.7 Å². The Morgan fingerprint density at radius 1 is 1.28 bits per heavy atom. The summed E-state index contributed by atoms with van der Waals surface area (Å²) in [5, 5.41) is 3.35. The number of anilines is 2. The van der Waals surface area contributed by atoms with Crippen molar-refractivity contribution in [3.05, 3.63) is 9.26 Å². The van der Waals surface area contributed by atoms with Gasteiger partial charge in [-0.25, -0.2) is 4.98 Å². The first-order valence-electron chi connectivity index (χ1n) is 6.69. The van der Waals surface area contributed by atoms with Crippen molar-refractivity contribution in [2.24, 2.45) is 0 Å². The molecule has 100 valence electrons. The summed E-state index contributed by atoms with van der Waals surface area (Å²) in [5.74, 6) is 2.31. The van der Waals surface area contributed by atoms with Gasteiger partial charge in [0.25, 0.3) is 0 Å². The average molecular weight is 360 g/mol. The van der Waals surface area contributed by atoms with E-state index in [1.807, 2.05) is 0 Å². The van der Waals surface area contributed by atoms with Crippen molar-refractivity contribution in [3.63, 3.8) is 0 Å². The van der Waals surface area contributed by atoms with E-state index in [2.05, 4.69) is 58.6 Å². The summed E-state index contributed by atoms with van der Waals surface area (Å²) >= 11 is 2.35. The van der Waals surface area contributed by atoms with Crippen LogP contribution in [-0.2, 0) is 0 Å². The highest BCUT2D eigenvalue weighted by molar-refractivity contribution is 14.1. The molecule has 0 aromatic carbocycles. The minimum absolute atomic E-state index is 0.429. The summed E-state index contributed by atoms with van der Waals surface area (Å²) in [4.78, 5) is 11.7. The van der Waals surface area contributed by atoms with E-state index >= 15 is 0 Å². The first kappa shape index (κ1) is 13.8. The molecule has 1 aliphatic rings. The third-order valence-corrected chi connectivity index (χ3v) is 4.21. The van der Waals surface area contributed by atoms with E-state index in [0.29, 0.717) is 5.92 Å². The number of rotatable bonds is 4. The average Bonchev–Trinajstić information content (AvgIpc) is 2.85. The Labute approximate surface area is 123 Å². The van der Waals surface area contributed by atoms with Crippen molar-refractivity contribution in [3.8, 4) is 0 Å². The Balaban J connectivity index is 2.40. The van der Waals surface area contributed by atoms with Gasteiger partial charge in [0.15, 0.2) is 0 Å². The maximum absolute atomic E-state index is 4.76. The van der Waals surface area contributed by atoms with Gasteiger partial charge in [-0.3, -0.25) is 0 Å². The third-order valence-electron chi connectivity index (χ3n) is 3.15. The van der Waals surface area contributed by atoms with E-state index in [1.54, 1.807) is 0 Å². The highest BCUT2D eigenvalue weighted by Gasteiger charge is 2.20. The normalized spacial score (nSPS) is 15.5. The van der Waals surface area contributed by atoms with Gasteiger partial charge in [0.1, 0.15) is 5.82 Å². The van der Waals surface area contributed by atoms with Crippen molar-refractivity contribution in [2.75, 3.05) is 29.9 Å². The summed E-state index contributed by atoms with van der Waals surface area (Å²) in [6, 6.07) is 0. The van der Waals surface area contributed by atoms with Gasteiger partial charge in [-0.05, 0) is 48.3 Å². The summed E-state index contributed by atoms with van der Waals surface area (Å²) < 4.78 is 1.16. The van der Waals surface area contributed by atoms with E-state index in [-0.39, 0.29) is 0 Å². The maximum atomic E-state index is 4.76. The van der Waals surface area contributed by atoms with Crippen LogP contribution in [0.15, 0.2) is 0 Å². The first-order chi connectivity index (χ1) is 8.63. The zero-order valence-corrected chi connectivity index (χ0v) is 13.5. The second-order valence-corrected chi connectivity index (χ2v) is 6.03. The number of hydrogen-bond acceptors (Lipinski definition) is 4. The van der Waals surface area contributed by atoms with E-state index < -0.39 is 0 Å². The zero-order chi connectivity index (χ0) is 13.1. The van der Waals surface area contributed by atoms with Crippen LogP contribution in [0.5, 0.6) is 0 Å². The molecule has 0 bridgehead atoms. The Morgan fingerprint density at radius 2 is 1.94 bits per heavy atom. The van der Waals surface area contributed by atoms with Gasteiger partial charge in [0.05, 0.1) is 9.26 Å². The molecule has 2 rings (SSSR count). The molecule has 0 aliphatic carbocycles. The molecule has 0 amide bonds. The van der Waals surface area contributed by atoms with Gasteiger partial charge in [-0.1, -0.05) is 13.8 Å². The highest BCUT2D eigenvalue weighted by atomic mass is 127. The second kappa shape index (κ2) is 6.04. The molecule has 1 N–H and O–H groups in total. The molecule has 0 unspecified atom stereocenters. The molecule has 5 heteroatoms. The van der Waals surface area contributed by atoms with Gasteiger partial charge in [0.2, 0.25) is 5.95 Å². The van der Waals surface area contributed by atoms with Crippen LogP contribution in [0.4, 0.5) is 11.8 Å². The topological polar surface area (TPSA) is 41.1 Å². The predicted octanol–water partition coefficient (Wildman–Crippen LogP) is 3.24. The summed E-state index contributed by atoms with van der Waals surface area (Å²) in [6.07, 6.45) is 2.51. The molecule has 1 fully saturated rings. The van der Waals surface area contributed by atoms with Crippen molar-refractivity contribution in [2.45, 2.75) is 39.5 Å². The molecule has 1 aromatic rings. The van der Waals surface area contributed by atoms with Crippen molar-refractivity contribution >= 4 is 34.4 Å². The fraction of sp³-hybridized carbons (Fsp3) is 0.692. The first-order valence-corrected chi connectivity index (χ1v) is 7.77. The predicted molar refractivity (Wildman–Crippen MR) is 84.4 cm³/mol. The highest BCUT2D eigenvalue weighted by Crippen LogP contribution is 2.28. The van der Waals surface area contributed by atoms with Crippen molar-refractivity contribution < 1.29 is 0 Å². The minimum Gasteiger partial charge on any atom is -0.369 e. The number of halogens is 1. The molecular weight excluding hydrogens is 339 g/mol. The van der Waals surface area contributed by atoms with Gasteiger partial charge in [0, 0.05) is 19.6 Å². The Kier molecular flexibility index (Phi) is 4.64. The van der Waals surface area contributed by atoms with Crippen LogP contribution in [0.25, 0.3) is 0 Å². The molecule has 0 saturated carbocycles. The maximum Gasteiger partial charge on any atom is 0.227 e. The second-order valence-electron chi connectivity index (χ2n) is 4.95. The third kappa shape index (κ3) is 2.87. The summed E-state index contributed by atoms with van der Waals surface area (Å²) in [5.41, 5.74) is 1.16. The molecule has 1 aromatic heterocycles. The van der Waals surface area contributed by atoms with Crippen molar-refractivity contribution in [1.82, 2.24) is 9.97 Å². The van der Waals surface area contributed by atoms with Crippen LogP contribution < -0.4 is 10.2 Å². The van der Waals surface area contributed by atoms with Crippen LogP contribution in [0.2, 0.25) is 0 Å². The van der Waals surface area contributed by atoms with E-state index in [9.17, 15) is 0 Å². The molecular formula is C13H21IN4. The molecule has 0 spiro atoms. The minimum atomic E-state index is 0.429. The Morgan fingerprint density at radius 3 is 2.50 bits per heavy atom. The van der Waals surface area contributed by atoms with Crippen LogP contribution in [0, 0.1) is 3.57 Å². The molecule has 2 heterocycles. The van der Waals surface area contributed by atoms with Gasteiger partial charge in [-0.2, -0.15) is 4.98 Å². The molecule has 1 saturated heterocycles. The van der Waals surface area contributed by atoms with E-state index in [1.165, 1.54) is 12.8 Å². The number of hydrogen-bond donors (Lipinski definition) is 1. The molecule has 4 nitrogen and oxygen atoms in total. The lowest BCUT2D eigenvalue weighted by atomic mass is 10.1. The largest absolute Gasteiger partial charge is 0.369 e. The lowest BCUT2D eigenvalue weighted by Gasteiger charge is -2.20. The SMILES string of the molecule is CCNc1nc(N2CCCC2)nc(C(C)C)c1I. The fourth-order valence-corrected chi connectivity index (χ4v) is 3.23. The van der Waals surface area contributed by atoms with Crippen molar-refractivity contribution in [1.29, 1.82) is 0 Å². The summed E-state index contributed by atoms with van der Waals surface area (Å²) in [7, 11) is 0. The van der Waals surface area contributed by atoms with Crippen LogP contribution >= 0.6 is 22.6 Å².